The molecule has 1 fully saturated rings. The van der Waals surface area contributed by atoms with E-state index in [0.29, 0.717) is 12.1 Å². The van der Waals surface area contributed by atoms with Crippen LogP contribution in [0.5, 0.6) is 0 Å². The molecule has 0 aromatic rings. The van der Waals surface area contributed by atoms with Crippen LogP contribution in [0.2, 0.25) is 0 Å². The summed E-state index contributed by atoms with van der Waals surface area (Å²) in [6.45, 7) is 13.7. The molecule has 0 aromatic heterocycles. The highest BCUT2D eigenvalue weighted by atomic mass is 16.5. The Morgan fingerprint density at radius 1 is 1.22 bits per heavy atom. The number of hydrogen-bond donors (Lipinski definition) is 0. The number of methoxy groups -OCH3 is 1. The molecule has 1 aliphatic rings. The maximum Gasteiger partial charge on any atom is 0.228 e. The highest BCUT2D eigenvalue weighted by Crippen LogP contribution is 2.22. The number of hydrogen-bond acceptors (Lipinski definition) is 3. The van der Waals surface area contributed by atoms with Gasteiger partial charge in [-0.2, -0.15) is 0 Å². The molecule has 0 bridgehead atoms. The van der Waals surface area contributed by atoms with Crippen molar-refractivity contribution in [2.45, 2.75) is 46.7 Å². The van der Waals surface area contributed by atoms with E-state index in [1.54, 1.807) is 7.11 Å². The highest BCUT2D eigenvalue weighted by Gasteiger charge is 2.35. The van der Waals surface area contributed by atoms with Crippen molar-refractivity contribution in [3.63, 3.8) is 0 Å². The Labute approximate surface area is 111 Å². The predicted molar refractivity (Wildman–Crippen MR) is 73.5 cm³/mol. The fraction of sp³-hybridized carbons (Fsp3) is 0.929. The van der Waals surface area contributed by atoms with Crippen LogP contribution >= 0.6 is 0 Å². The number of carbonyl (C=O) groups is 1. The molecule has 0 spiro atoms. The lowest BCUT2D eigenvalue weighted by Gasteiger charge is -2.45. The van der Waals surface area contributed by atoms with E-state index in [9.17, 15) is 4.79 Å². The summed E-state index contributed by atoms with van der Waals surface area (Å²) in [7, 11) is 1.73. The summed E-state index contributed by atoms with van der Waals surface area (Å²) in [5.74, 6) is 0.257. The number of ether oxygens (including phenoxy) is 1. The summed E-state index contributed by atoms with van der Waals surface area (Å²) in [6, 6.07) is 0.797. The fourth-order valence-electron chi connectivity index (χ4n) is 2.63. The maximum absolute atomic E-state index is 12.3. The largest absolute Gasteiger partial charge is 0.383 e. The second-order valence-electron chi connectivity index (χ2n) is 6.39. The van der Waals surface area contributed by atoms with Crippen molar-refractivity contribution in [1.82, 2.24) is 9.80 Å². The summed E-state index contributed by atoms with van der Waals surface area (Å²) in [5.41, 5.74) is -0.284. The van der Waals surface area contributed by atoms with Crippen LogP contribution in [0.1, 0.15) is 34.6 Å². The molecule has 106 valence electrons. The van der Waals surface area contributed by atoms with Crippen LogP contribution in [0.4, 0.5) is 0 Å². The average molecular weight is 256 g/mol. The topological polar surface area (TPSA) is 32.8 Å². The van der Waals surface area contributed by atoms with Crippen molar-refractivity contribution in [2.75, 3.05) is 33.4 Å². The molecule has 4 heteroatoms. The van der Waals surface area contributed by atoms with E-state index in [1.807, 2.05) is 25.7 Å². The Kier molecular flexibility index (Phi) is 5.17. The van der Waals surface area contributed by atoms with Crippen molar-refractivity contribution < 1.29 is 9.53 Å². The SMILES string of the molecule is COCCN1C(C)CN(C(=O)C(C)(C)C)CC1C. The lowest BCUT2D eigenvalue weighted by molar-refractivity contribution is -0.144. The number of carbonyl (C=O) groups excluding carboxylic acids is 1. The molecule has 2 atom stereocenters. The summed E-state index contributed by atoms with van der Waals surface area (Å²) in [4.78, 5) is 16.8. The minimum absolute atomic E-state index is 0.257. The van der Waals surface area contributed by atoms with Crippen molar-refractivity contribution >= 4 is 5.91 Å². The molecular weight excluding hydrogens is 228 g/mol. The van der Waals surface area contributed by atoms with E-state index >= 15 is 0 Å². The van der Waals surface area contributed by atoms with Gasteiger partial charge in [-0.1, -0.05) is 20.8 Å². The second kappa shape index (κ2) is 6.02. The van der Waals surface area contributed by atoms with E-state index in [0.717, 1.165) is 26.2 Å². The molecule has 0 radical (unpaired) electrons. The van der Waals surface area contributed by atoms with Gasteiger partial charge < -0.3 is 9.64 Å². The molecule has 2 unspecified atom stereocenters. The van der Waals surface area contributed by atoms with E-state index in [-0.39, 0.29) is 11.3 Å². The molecule has 4 nitrogen and oxygen atoms in total. The molecule has 0 aromatic carbocycles. The Bertz CT molecular complexity index is 274. The molecule has 1 rings (SSSR count). The Hall–Kier alpha value is -0.610. The molecule has 18 heavy (non-hydrogen) atoms. The van der Waals surface area contributed by atoms with Crippen LogP contribution in [0.25, 0.3) is 0 Å². The second-order valence-corrected chi connectivity index (χ2v) is 6.39. The van der Waals surface area contributed by atoms with Gasteiger partial charge in [0.25, 0.3) is 0 Å². The summed E-state index contributed by atoms with van der Waals surface area (Å²) < 4.78 is 5.15. The first kappa shape index (κ1) is 15.4. The molecule has 1 heterocycles. The smallest absolute Gasteiger partial charge is 0.228 e. The Morgan fingerprint density at radius 3 is 2.11 bits per heavy atom. The molecule has 1 aliphatic heterocycles. The van der Waals surface area contributed by atoms with Gasteiger partial charge in [0.05, 0.1) is 6.61 Å². The zero-order valence-electron chi connectivity index (χ0n) is 12.7. The fourth-order valence-corrected chi connectivity index (χ4v) is 2.63. The number of piperazine rings is 1. The lowest BCUT2D eigenvalue weighted by Crippen LogP contribution is -2.60. The minimum Gasteiger partial charge on any atom is -0.383 e. The molecule has 0 saturated carbocycles. The zero-order valence-corrected chi connectivity index (χ0v) is 12.7. The van der Waals surface area contributed by atoms with Gasteiger partial charge in [-0.3, -0.25) is 9.69 Å². The van der Waals surface area contributed by atoms with Crippen LogP contribution < -0.4 is 0 Å². The van der Waals surface area contributed by atoms with Crippen LogP contribution in [-0.4, -0.2) is 61.1 Å². The summed E-state index contributed by atoms with van der Waals surface area (Å²) in [5, 5.41) is 0. The summed E-state index contributed by atoms with van der Waals surface area (Å²) >= 11 is 0. The predicted octanol–water partition coefficient (Wildman–Crippen LogP) is 1.60. The maximum atomic E-state index is 12.3. The van der Waals surface area contributed by atoms with Crippen molar-refractivity contribution in [3.05, 3.63) is 0 Å². The Balaban J connectivity index is 2.64. The van der Waals surface area contributed by atoms with Gasteiger partial charge in [0.1, 0.15) is 0 Å². The normalized spacial score (nSPS) is 26.4. The number of rotatable bonds is 3. The van der Waals surface area contributed by atoms with Crippen LogP contribution in [0, 0.1) is 5.41 Å². The first-order chi connectivity index (χ1) is 8.27. The quantitative estimate of drug-likeness (QED) is 0.769. The van der Waals surface area contributed by atoms with E-state index < -0.39 is 0 Å². The summed E-state index contributed by atoms with van der Waals surface area (Å²) in [6.07, 6.45) is 0. The highest BCUT2D eigenvalue weighted by molar-refractivity contribution is 5.81. The van der Waals surface area contributed by atoms with Gasteiger partial charge in [-0.25, -0.2) is 0 Å². The van der Waals surface area contributed by atoms with Crippen LogP contribution in [0.15, 0.2) is 0 Å². The van der Waals surface area contributed by atoms with Crippen LogP contribution in [-0.2, 0) is 9.53 Å². The third-order valence-electron chi connectivity index (χ3n) is 3.58. The number of nitrogens with zero attached hydrogens (tertiary/aromatic N) is 2. The van der Waals surface area contributed by atoms with E-state index in [2.05, 4.69) is 18.7 Å². The van der Waals surface area contributed by atoms with Crippen LogP contribution in [0.3, 0.4) is 0 Å². The van der Waals surface area contributed by atoms with Gasteiger partial charge in [-0.05, 0) is 13.8 Å². The standard InChI is InChI=1S/C14H28N2O2/c1-11-9-15(13(17)14(3,4)5)10-12(2)16(11)7-8-18-6/h11-12H,7-10H2,1-6H3. The van der Waals surface area contributed by atoms with Gasteiger partial charge in [0.15, 0.2) is 0 Å². The van der Waals surface area contributed by atoms with Gasteiger partial charge in [0, 0.05) is 44.2 Å². The molecule has 0 aliphatic carbocycles. The average Bonchev–Trinajstić information content (AvgIpc) is 2.25. The molecule has 1 saturated heterocycles. The lowest BCUT2D eigenvalue weighted by atomic mass is 9.93. The van der Waals surface area contributed by atoms with E-state index in [1.165, 1.54) is 0 Å². The Morgan fingerprint density at radius 2 is 1.72 bits per heavy atom. The molecule has 0 N–H and O–H groups in total. The van der Waals surface area contributed by atoms with Gasteiger partial charge in [-0.15, -0.1) is 0 Å². The van der Waals surface area contributed by atoms with Crippen molar-refractivity contribution in [3.8, 4) is 0 Å². The minimum atomic E-state index is -0.284. The first-order valence-electron chi connectivity index (χ1n) is 6.81. The van der Waals surface area contributed by atoms with Crippen molar-refractivity contribution in [2.24, 2.45) is 5.41 Å². The third kappa shape index (κ3) is 3.69. The zero-order chi connectivity index (χ0) is 13.9. The van der Waals surface area contributed by atoms with Crippen molar-refractivity contribution in [1.29, 1.82) is 0 Å². The monoisotopic (exact) mass is 256 g/mol. The third-order valence-corrected chi connectivity index (χ3v) is 3.58. The number of amides is 1. The molecular formula is C14H28N2O2. The van der Waals surface area contributed by atoms with E-state index in [4.69, 9.17) is 4.74 Å². The van der Waals surface area contributed by atoms with Gasteiger partial charge in [0.2, 0.25) is 5.91 Å². The molecule has 1 amide bonds. The first-order valence-corrected chi connectivity index (χ1v) is 6.81. The van der Waals surface area contributed by atoms with Gasteiger partial charge >= 0.3 is 0 Å².